The van der Waals surface area contributed by atoms with Crippen molar-refractivity contribution in [3.63, 3.8) is 0 Å². The highest BCUT2D eigenvalue weighted by atomic mass is 127. The molecule has 0 aromatic heterocycles. The normalized spacial score (nSPS) is 11.0. The highest BCUT2D eigenvalue weighted by molar-refractivity contribution is 14.1. The average Bonchev–Trinajstić information content (AvgIpc) is 2.47. The highest BCUT2D eigenvalue weighted by Gasteiger charge is 2.24. The second kappa shape index (κ2) is 8.95. The van der Waals surface area contributed by atoms with Gasteiger partial charge in [-0.15, -0.1) is 0 Å². The number of amides is 1. The van der Waals surface area contributed by atoms with Crippen molar-refractivity contribution >= 4 is 46.4 Å². The van der Waals surface area contributed by atoms with E-state index in [1.54, 1.807) is 32.9 Å². The van der Waals surface area contributed by atoms with E-state index in [9.17, 15) is 9.59 Å². The Balaban J connectivity index is 2.69. The minimum atomic E-state index is -0.637. The van der Waals surface area contributed by atoms with Gasteiger partial charge in [0, 0.05) is 17.9 Å². The fraction of sp³-hybridized carbons (Fsp3) is 0.500. The van der Waals surface area contributed by atoms with Crippen LogP contribution in [0.25, 0.3) is 0 Å². The van der Waals surface area contributed by atoms with E-state index in [0.29, 0.717) is 30.8 Å². The number of hydrogen-bond acceptors (Lipinski definition) is 6. The molecule has 8 heteroatoms. The lowest BCUT2D eigenvalue weighted by Crippen LogP contribution is -2.40. The SMILES string of the molecule is CC(C)(C)OC(=O)N(CCCc1cc(N)ccc1N)CC(=O)OI. The number of nitrogen functional groups attached to an aromatic ring is 2. The van der Waals surface area contributed by atoms with Crippen LogP contribution < -0.4 is 11.5 Å². The number of hydrogen-bond donors (Lipinski definition) is 2. The number of anilines is 2. The molecule has 1 amide bonds. The molecule has 0 aliphatic heterocycles. The summed E-state index contributed by atoms with van der Waals surface area (Å²) >= 11 is 1.49. The van der Waals surface area contributed by atoms with Crippen LogP contribution in [0, 0.1) is 0 Å². The smallest absolute Gasteiger partial charge is 0.410 e. The predicted octanol–water partition coefficient (Wildman–Crippen LogP) is 2.91. The van der Waals surface area contributed by atoms with Crippen molar-refractivity contribution in [2.24, 2.45) is 0 Å². The summed E-state index contributed by atoms with van der Waals surface area (Å²) in [5, 5.41) is 0. The molecule has 7 nitrogen and oxygen atoms in total. The third-order valence-corrected chi connectivity index (χ3v) is 3.59. The molecule has 134 valence electrons. The van der Waals surface area contributed by atoms with E-state index < -0.39 is 17.7 Å². The van der Waals surface area contributed by atoms with Crippen molar-refractivity contribution < 1.29 is 17.4 Å². The van der Waals surface area contributed by atoms with Crippen molar-refractivity contribution in [2.45, 2.75) is 39.2 Å². The number of halogens is 1. The number of benzene rings is 1. The molecule has 0 fully saturated rings. The van der Waals surface area contributed by atoms with Crippen LogP contribution in [-0.2, 0) is 19.0 Å². The number of carbonyl (C=O) groups is 2. The first-order valence-corrected chi connectivity index (χ1v) is 8.43. The number of nitrogens with zero attached hydrogens (tertiary/aromatic N) is 1. The van der Waals surface area contributed by atoms with Crippen molar-refractivity contribution in [3.05, 3.63) is 23.8 Å². The molecule has 1 rings (SSSR count). The Bertz CT molecular complexity index is 587. The van der Waals surface area contributed by atoms with Crippen molar-refractivity contribution in [1.29, 1.82) is 0 Å². The standard InChI is InChI=1S/C16H24IN3O4/c1-16(2,3)23-15(22)20(10-14(21)24-17)8-4-5-11-9-12(18)6-7-13(11)19/h6-7,9H,4-5,8,10,18-19H2,1-3H3. The molecule has 0 atom stereocenters. The van der Waals surface area contributed by atoms with E-state index in [1.165, 1.54) is 27.9 Å². The monoisotopic (exact) mass is 449 g/mol. The molecule has 1 aromatic carbocycles. The molecule has 0 saturated heterocycles. The van der Waals surface area contributed by atoms with Crippen LogP contribution in [0.4, 0.5) is 16.2 Å². The van der Waals surface area contributed by atoms with Crippen LogP contribution in [0.5, 0.6) is 0 Å². The average molecular weight is 449 g/mol. The first-order valence-electron chi connectivity index (χ1n) is 7.55. The third-order valence-electron chi connectivity index (χ3n) is 3.10. The van der Waals surface area contributed by atoms with Gasteiger partial charge in [0.1, 0.15) is 12.1 Å². The lowest BCUT2D eigenvalue weighted by molar-refractivity contribution is -0.132. The summed E-state index contributed by atoms with van der Waals surface area (Å²) in [5.41, 5.74) is 13.2. The quantitative estimate of drug-likeness (QED) is 0.511. The fourth-order valence-electron chi connectivity index (χ4n) is 2.04. The maximum absolute atomic E-state index is 12.2. The summed E-state index contributed by atoms with van der Waals surface area (Å²) in [7, 11) is 0. The molecule has 1 aromatic rings. The Kier molecular flexibility index (Phi) is 7.59. The summed E-state index contributed by atoms with van der Waals surface area (Å²) in [5.74, 6) is -0.509. The first kappa shape index (κ1) is 20.3. The van der Waals surface area contributed by atoms with Gasteiger partial charge in [0.15, 0.2) is 23.0 Å². The van der Waals surface area contributed by atoms with Crippen molar-refractivity contribution in [3.8, 4) is 0 Å². The Morgan fingerprint density at radius 3 is 2.50 bits per heavy atom. The second-order valence-electron chi connectivity index (χ2n) is 6.41. The lowest BCUT2D eigenvalue weighted by Gasteiger charge is -2.26. The van der Waals surface area contributed by atoms with Crippen LogP contribution in [0.1, 0.15) is 32.8 Å². The van der Waals surface area contributed by atoms with E-state index in [2.05, 4.69) is 3.07 Å². The van der Waals surface area contributed by atoms with Crippen LogP contribution >= 0.6 is 23.0 Å². The zero-order chi connectivity index (χ0) is 18.3. The van der Waals surface area contributed by atoms with E-state index in [4.69, 9.17) is 16.2 Å². The molecule has 0 bridgehead atoms. The van der Waals surface area contributed by atoms with Gasteiger partial charge in [-0.25, -0.2) is 9.59 Å². The minimum Gasteiger partial charge on any atom is -0.444 e. The molecule has 0 heterocycles. The molecule has 0 aliphatic rings. The van der Waals surface area contributed by atoms with Gasteiger partial charge < -0.3 is 19.3 Å². The number of aryl methyl sites for hydroxylation is 1. The van der Waals surface area contributed by atoms with Gasteiger partial charge in [0.25, 0.3) is 0 Å². The van der Waals surface area contributed by atoms with Crippen molar-refractivity contribution in [1.82, 2.24) is 4.90 Å². The summed E-state index contributed by atoms with van der Waals surface area (Å²) < 4.78 is 9.93. The molecule has 0 spiro atoms. The van der Waals surface area contributed by atoms with E-state index in [-0.39, 0.29) is 6.54 Å². The number of ether oxygens (including phenoxy) is 1. The zero-order valence-electron chi connectivity index (χ0n) is 14.2. The topological polar surface area (TPSA) is 108 Å². The summed E-state index contributed by atoms with van der Waals surface area (Å²) in [4.78, 5) is 25.1. The van der Waals surface area contributed by atoms with Gasteiger partial charge in [-0.1, -0.05) is 0 Å². The van der Waals surface area contributed by atoms with Gasteiger partial charge in [-0.05, 0) is 57.4 Å². The maximum atomic E-state index is 12.2. The summed E-state index contributed by atoms with van der Waals surface area (Å²) in [6.07, 6.45) is 0.696. The summed E-state index contributed by atoms with van der Waals surface area (Å²) in [6, 6.07) is 5.30. The van der Waals surface area contributed by atoms with Gasteiger partial charge in [0.05, 0.1) is 0 Å². The molecular weight excluding hydrogens is 425 g/mol. The van der Waals surface area contributed by atoms with Gasteiger partial charge in [-0.3, -0.25) is 4.90 Å². The number of nitrogens with two attached hydrogens (primary N) is 2. The third kappa shape index (κ3) is 7.24. The van der Waals surface area contributed by atoms with Gasteiger partial charge >= 0.3 is 12.1 Å². The number of rotatable bonds is 6. The Labute approximate surface area is 156 Å². The predicted molar refractivity (Wildman–Crippen MR) is 102 cm³/mol. The molecule has 0 radical (unpaired) electrons. The summed E-state index contributed by atoms with van der Waals surface area (Å²) in [6.45, 7) is 5.49. The second-order valence-corrected chi connectivity index (χ2v) is 6.85. The lowest BCUT2D eigenvalue weighted by atomic mass is 10.1. The van der Waals surface area contributed by atoms with E-state index in [1.807, 2.05) is 6.07 Å². The van der Waals surface area contributed by atoms with Crippen molar-refractivity contribution in [2.75, 3.05) is 24.6 Å². The Hall–Kier alpha value is -1.71. The van der Waals surface area contributed by atoms with Crippen LogP contribution in [0.2, 0.25) is 0 Å². The first-order chi connectivity index (χ1) is 11.1. The molecule has 0 unspecified atom stereocenters. The van der Waals surface area contributed by atoms with E-state index >= 15 is 0 Å². The number of carbonyl (C=O) groups excluding carboxylic acids is 2. The van der Waals surface area contributed by atoms with Gasteiger partial charge in [0.2, 0.25) is 0 Å². The minimum absolute atomic E-state index is 0.162. The maximum Gasteiger partial charge on any atom is 0.410 e. The Morgan fingerprint density at radius 2 is 1.92 bits per heavy atom. The zero-order valence-corrected chi connectivity index (χ0v) is 16.3. The highest BCUT2D eigenvalue weighted by Crippen LogP contribution is 2.18. The molecule has 0 saturated carbocycles. The largest absolute Gasteiger partial charge is 0.444 e. The van der Waals surface area contributed by atoms with Crippen LogP contribution in [-0.4, -0.2) is 35.7 Å². The van der Waals surface area contributed by atoms with Gasteiger partial charge in [-0.2, -0.15) is 0 Å². The van der Waals surface area contributed by atoms with Crippen LogP contribution in [0.3, 0.4) is 0 Å². The molecule has 0 aliphatic carbocycles. The van der Waals surface area contributed by atoms with Crippen LogP contribution in [0.15, 0.2) is 18.2 Å². The molecule has 24 heavy (non-hydrogen) atoms. The Morgan fingerprint density at radius 1 is 1.25 bits per heavy atom. The van der Waals surface area contributed by atoms with E-state index in [0.717, 1.165) is 5.56 Å². The fourth-order valence-corrected chi connectivity index (χ4v) is 2.18. The molecular formula is C16H24IN3O4. The molecule has 4 N–H and O–H groups in total.